The second kappa shape index (κ2) is 13.6. The van der Waals surface area contributed by atoms with Gasteiger partial charge in [0.2, 0.25) is 0 Å². The van der Waals surface area contributed by atoms with E-state index in [0.717, 1.165) is 0 Å². The van der Waals surface area contributed by atoms with Gasteiger partial charge in [0.15, 0.2) is 22.9 Å². The topological polar surface area (TPSA) is 112 Å². The number of nitriles is 1. The van der Waals surface area contributed by atoms with Crippen LogP contribution in [0.5, 0.6) is 17.2 Å². The minimum Gasteiger partial charge on any atom is -0.494 e. The number of halogens is 1. The largest absolute Gasteiger partial charge is 0.494 e. The van der Waals surface area contributed by atoms with Crippen molar-refractivity contribution in [3.63, 3.8) is 0 Å². The molecule has 0 radical (unpaired) electrons. The Kier molecular flexibility index (Phi) is 9.48. The molecule has 0 saturated heterocycles. The SMILES string of the molecule is CCOC(=O)C1=C(c2ccccc2)N=c2s/c(=C\c3cc(Cl)c(OCC#N)c(OC)c3)c(=O)n2[C@H]1c1ccc(OCC)cc1. The molecule has 0 spiro atoms. The molecule has 1 aliphatic heterocycles. The van der Waals surface area contributed by atoms with E-state index in [9.17, 15) is 9.59 Å². The molecule has 224 valence electrons. The van der Waals surface area contributed by atoms with Crippen LogP contribution in [-0.4, -0.2) is 37.5 Å². The number of hydrogen-bond donors (Lipinski definition) is 0. The zero-order valence-corrected chi connectivity index (χ0v) is 25.8. The van der Waals surface area contributed by atoms with Crippen molar-refractivity contribution in [3.05, 3.63) is 114 Å². The number of methoxy groups -OCH3 is 1. The van der Waals surface area contributed by atoms with Gasteiger partial charge in [0.05, 0.1) is 47.2 Å². The van der Waals surface area contributed by atoms with Gasteiger partial charge in [0.1, 0.15) is 11.8 Å². The molecule has 44 heavy (non-hydrogen) atoms. The second-order valence-electron chi connectivity index (χ2n) is 9.41. The number of thiazole rings is 1. The second-order valence-corrected chi connectivity index (χ2v) is 10.8. The summed E-state index contributed by atoms with van der Waals surface area (Å²) in [5.74, 6) is 0.653. The Morgan fingerprint density at radius 3 is 2.50 bits per heavy atom. The number of nitrogens with zero attached hydrogens (tertiary/aromatic N) is 3. The zero-order valence-electron chi connectivity index (χ0n) is 24.2. The Morgan fingerprint density at radius 1 is 1.09 bits per heavy atom. The van der Waals surface area contributed by atoms with Gasteiger partial charge in [-0.2, -0.15) is 5.26 Å². The van der Waals surface area contributed by atoms with Gasteiger partial charge in [-0.3, -0.25) is 9.36 Å². The fourth-order valence-corrected chi connectivity index (χ4v) is 6.16. The Hall–Kier alpha value is -4.85. The summed E-state index contributed by atoms with van der Waals surface area (Å²) in [6.07, 6.45) is 1.68. The van der Waals surface area contributed by atoms with Crippen molar-refractivity contribution >= 4 is 40.7 Å². The van der Waals surface area contributed by atoms with Crippen LogP contribution in [0, 0.1) is 11.3 Å². The number of aromatic nitrogens is 1. The first-order valence-corrected chi connectivity index (χ1v) is 15.0. The van der Waals surface area contributed by atoms with Gasteiger partial charge in [0, 0.05) is 5.56 Å². The maximum absolute atomic E-state index is 14.1. The highest BCUT2D eigenvalue weighted by molar-refractivity contribution is 7.07. The summed E-state index contributed by atoms with van der Waals surface area (Å²) in [7, 11) is 1.46. The molecule has 1 aliphatic rings. The molecule has 3 aromatic carbocycles. The lowest BCUT2D eigenvalue weighted by Crippen LogP contribution is -2.40. The third kappa shape index (κ3) is 6.11. The molecule has 5 rings (SSSR count). The van der Waals surface area contributed by atoms with Gasteiger partial charge in [-0.25, -0.2) is 9.79 Å². The molecule has 0 fully saturated rings. The van der Waals surface area contributed by atoms with E-state index < -0.39 is 12.0 Å². The molecule has 1 atom stereocenters. The van der Waals surface area contributed by atoms with Crippen molar-refractivity contribution in [2.45, 2.75) is 19.9 Å². The van der Waals surface area contributed by atoms with Crippen molar-refractivity contribution < 1.29 is 23.7 Å². The van der Waals surface area contributed by atoms with Gasteiger partial charge >= 0.3 is 5.97 Å². The molecule has 0 aliphatic carbocycles. The molecule has 1 aromatic heterocycles. The van der Waals surface area contributed by atoms with Crippen LogP contribution < -0.4 is 29.1 Å². The molecule has 0 unspecified atom stereocenters. The van der Waals surface area contributed by atoms with Crippen molar-refractivity contribution in [1.29, 1.82) is 5.26 Å². The van der Waals surface area contributed by atoms with Crippen LogP contribution >= 0.6 is 22.9 Å². The molecule has 4 aromatic rings. The van der Waals surface area contributed by atoms with Crippen LogP contribution in [0.15, 0.2) is 82.1 Å². The molecule has 11 heteroatoms. The summed E-state index contributed by atoms with van der Waals surface area (Å²) >= 11 is 7.65. The Bertz CT molecular complexity index is 1940. The highest BCUT2D eigenvalue weighted by Crippen LogP contribution is 2.37. The number of esters is 1. The first kappa shape index (κ1) is 30.6. The number of fused-ring (bicyclic) bond motifs is 1. The van der Waals surface area contributed by atoms with E-state index in [1.54, 1.807) is 25.1 Å². The number of carbonyl (C=O) groups excluding carboxylic acids is 1. The van der Waals surface area contributed by atoms with Gasteiger partial charge < -0.3 is 18.9 Å². The molecular weight excluding hydrogens is 602 g/mol. The average Bonchev–Trinajstić information content (AvgIpc) is 3.34. The number of benzene rings is 3. The van der Waals surface area contributed by atoms with Gasteiger partial charge in [-0.1, -0.05) is 65.4 Å². The minimum absolute atomic E-state index is 0.154. The highest BCUT2D eigenvalue weighted by Gasteiger charge is 2.35. The fraction of sp³-hybridized carbons (Fsp3) is 0.212. The van der Waals surface area contributed by atoms with Crippen molar-refractivity contribution in [1.82, 2.24) is 4.57 Å². The van der Waals surface area contributed by atoms with Crippen LogP contribution in [0.4, 0.5) is 0 Å². The first-order valence-electron chi connectivity index (χ1n) is 13.8. The predicted octanol–water partition coefficient (Wildman–Crippen LogP) is 4.90. The number of ether oxygens (including phenoxy) is 4. The lowest BCUT2D eigenvalue weighted by Gasteiger charge is -2.26. The van der Waals surface area contributed by atoms with Crippen LogP contribution in [0.2, 0.25) is 5.02 Å². The summed E-state index contributed by atoms with van der Waals surface area (Å²) < 4.78 is 23.9. The van der Waals surface area contributed by atoms with Gasteiger partial charge in [-0.15, -0.1) is 0 Å². The Morgan fingerprint density at radius 2 is 1.84 bits per heavy atom. The Balaban J connectivity index is 1.76. The first-order chi connectivity index (χ1) is 21.4. The van der Waals surface area contributed by atoms with E-state index in [0.29, 0.717) is 49.8 Å². The Labute approximate surface area is 262 Å². The molecule has 0 N–H and O–H groups in total. The van der Waals surface area contributed by atoms with Gasteiger partial charge in [-0.05, 0) is 55.3 Å². The maximum atomic E-state index is 14.1. The van der Waals surface area contributed by atoms with Crippen molar-refractivity contribution in [2.24, 2.45) is 4.99 Å². The lowest BCUT2D eigenvalue weighted by atomic mass is 9.93. The van der Waals surface area contributed by atoms with E-state index in [2.05, 4.69) is 0 Å². The quantitative estimate of drug-likeness (QED) is 0.229. The van der Waals surface area contributed by atoms with Gasteiger partial charge in [0.25, 0.3) is 5.56 Å². The summed E-state index contributed by atoms with van der Waals surface area (Å²) in [6, 6.07) is 21.0. The number of rotatable bonds is 10. The molecular formula is C33H28ClN3O6S. The minimum atomic E-state index is -0.821. The van der Waals surface area contributed by atoms with Crippen molar-refractivity contribution in [2.75, 3.05) is 26.9 Å². The fourth-order valence-electron chi connectivity index (χ4n) is 4.89. The monoisotopic (exact) mass is 629 g/mol. The molecule has 0 saturated carbocycles. The van der Waals surface area contributed by atoms with Crippen LogP contribution in [0.1, 0.15) is 36.6 Å². The molecule has 9 nitrogen and oxygen atoms in total. The lowest BCUT2D eigenvalue weighted by molar-refractivity contribution is -0.138. The molecule has 0 bridgehead atoms. The third-order valence-electron chi connectivity index (χ3n) is 6.71. The standard InChI is InChI=1S/C33H28ClN3O6S/c1-4-41-23-13-11-22(12-14-23)29-27(32(39)42-5-2)28(21-9-7-6-8-10-21)36-33-37(29)31(38)26(44-33)19-20-17-24(34)30(43-16-15-35)25(18-20)40-3/h6-14,17-19,29H,4-5,16H2,1-3H3/b26-19-/t29-/m0/s1. The smallest absolute Gasteiger partial charge is 0.338 e. The van der Waals surface area contributed by atoms with E-state index in [-0.39, 0.29) is 35.1 Å². The van der Waals surface area contributed by atoms with Crippen LogP contribution in [0.25, 0.3) is 11.8 Å². The summed E-state index contributed by atoms with van der Waals surface area (Å²) in [5, 5.41) is 9.13. The summed E-state index contributed by atoms with van der Waals surface area (Å²) in [4.78, 5) is 33.0. The summed E-state index contributed by atoms with van der Waals surface area (Å²) in [6.45, 7) is 4.09. The van der Waals surface area contributed by atoms with E-state index in [1.807, 2.05) is 67.6 Å². The summed E-state index contributed by atoms with van der Waals surface area (Å²) in [5.41, 5.74) is 2.32. The molecule has 2 heterocycles. The highest BCUT2D eigenvalue weighted by atomic mass is 35.5. The normalized spacial score (nSPS) is 14.3. The van der Waals surface area contributed by atoms with Crippen molar-refractivity contribution in [3.8, 4) is 23.3 Å². The maximum Gasteiger partial charge on any atom is 0.338 e. The number of hydrogen-bond acceptors (Lipinski definition) is 9. The third-order valence-corrected chi connectivity index (χ3v) is 7.97. The predicted molar refractivity (Wildman–Crippen MR) is 168 cm³/mol. The van der Waals surface area contributed by atoms with Crippen LogP contribution in [0.3, 0.4) is 0 Å². The van der Waals surface area contributed by atoms with Crippen LogP contribution in [-0.2, 0) is 9.53 Å². The van der Waals surface area contributed by atoms with E-state index >= 15 is 0 Å². The average molecular weight is 630 g/mol. The molecule has 0 amide bonds. The zero-order chi connectivity index (χ0) is 31.2. The van der Waals surface area contributed by atoms with E-state index in [1.165, 1.54) is 23.0 Å². The number of carbonyl (C=O) groups is 1. The van der Waals surface area contributed by atoms with E-state index in [4.69, 9.17) is 40.8 Å².